The van der Waals surface area contributed by atoms with Gasteiger partial charge < -0.3 is 16.0 Å². The molecule has 2 amide bonds. The van der Waals surface area contributed by atoms with Crippen LogP contribution in [0.5, 0.6) is 0 Å². The van der Waals surface area contributed by atoms with Crippen LogP contribution in [0.3, 0.4) is 0 Å². The van der Waals surface area contributed by atoms with Crippen molar-refractivity contribution in [1.82, 2.24) is 10.2 Å². The van der Waals surface area contributed by atoms with Crippen LogP contribution >= 0.6 is 11.3 Å². The van der Waals surface area contributed by atoms with Crippen molar-refractivity contribution in [3.8, 4) is 0 Å². The largest absolute Gasteiger partial charge is 0.346 e. The molecule has 3 N–H and O–H groups in total. The minimum atomic E-state index is -0.299. The highest BCUT2D eigenvalue weighted by Crippen LogP contribution is 2.23. The molecule has 0 saturated heterocycles. The molecule has 0 atom stereocenters. The number of thiophene rings is 1. The molecule has 0 radical (unpaired) electrons. The quantitative estimate of drug-likeness (QED) is 0.777. The third-order valence-electron chi connectivity index (χ3n) is 2.78. The van der Waals surface area contributed by atoms with Crippen LogP contribution in [0.15, 0.2) is 11.4 Å². The molecule has 0 saturated carbocycles. The number of nitrogens with one attached hydrogen (secondary N) is 1. The molecule has 92 valence electrons. The number of hydrogen-bond acceptors (Lipinski definition) is 4. The van der Waals surface area contributed by atoms with Crippen molar-refractivity contribution < 1.29 is 9.59 Å². The van der Waals surface area contributed by atoms with Gasteiger partial charge in [0.15, 0.2) is 0 Å². The van der Waals surface area contributed by atoms with Crippen molar-refractivity contribution in [2.24, 2.45) is 5.73 Å². The summed E-state index contributed by atoms with van der Waals surface area (Å²) in [4.78, 5) is 25.9. The molecule has 6 heteroatoms. The van der Waals surface area contributed by atoms with Gasteiger partial charge in [-0.05, 0) is 23.4 Å². The van der Waals surface area contributed by atoms with E-state index in [4.69, 9.17) is 5.73 Å². The molecule has 17 heavy (non-hydrogen) atoms. The van der Waals surface area contributed by atoms with Crippen LogP contribution in [0.25, 0.3) is 0 Å². The standard InChI is InChI=1S/C11H15N3O2S/c12-5-10(15)13-6-11(16)14-3-1-9-8(7-14)2-4-17-9/h2,4H,1,3,5-7,12H2,(H,13,15). The third-order valence-corrected chi connectivity index (χ3v) is 3.81. The fourth-order valence-electron chi connectivity index (χ4n) is 1.82. The van der Waals surface area contributed by atoms with Crippen LogP contribution in [0.4, 0.5) is 0 Å². The molecule has 1 aliphatic rings. The average Bonchev–Trinajstić information content (AvgIpc) is 2.82. The van der Waals surface area contributed by atoms with Gasteiger partial charge in [0.1, 0.15) is 0 Å². The molecule has 0 bridgehead atoms. The van der Waals surface area contributed by atoms with Gasteiger partial charge in [-0.2, -0.15) is 0 Å². The van der Waals surface area contributed by atoms with Crippen LogP contribution in [0, 0.1) is 0 Å². The second-order valence-electron chi connectivity index (χ2n) is 3.92. The summed E-state index contributed by atoms with van der Waals surface area (Å²) in [7, 11) is 0. The molecule has 0 aliphatic carbocycles. The fourth-order valence-corrected chi connectivity index (χ4v) is 2.71. The molecule has 0 spiro atoms. The minimum absolute atomic E-state index is 0.0372. The topological polar surface area (TPSA) is 75.4 Å². The van der Waals surface area contributed by atoms with E-state index in [1.54, 1.807) is 16.2 Å². The lowest BCUT2D eigenvalue weighted by Crippen LogP contribution is -2.43. The van der Waals surface area contributed by atoms with Crippen molar-refractivity contribution in [2.45, 2.75) is 13.0 Å². The highest BCUT2D eigenvalue weighted by Gasteiger charge is 2.21. The number of nitrogens with zero attached hydrogens (tertiary/aromatic N) is 1. The Balaban J connectivity index is 1.88. The van der Waals surface area contributed by atoms with Crippen molar-refractivity contribution in [1.29, 1.82) is 0 Å². The van der Waals surface area contributed by atoms with Crippen LogP contribution < -0.4 is 11.1 Å². The zero-order valence-electron chi connectivity index (χ0n) is 9.44. The third kappa shape index (κ3) is 2.83. The number of amides is 2. The highest BCUT2D eigenvalue weighted by molar-refractivity contribution is 7.10. The Morgan fingerprint density at radius 3 is 3.12 bits per heavy atom. The van der Waals surface area contributed by atoms with Crippen molar-refractivity contribution in [3.63, 3.8) is 0 Å². The van der Waals surface area contributed by atoms with Gasteiger partial charge in [-0.1, -0.05) is 0 Å². The number of carbonyl (C=O) groups is 2. The summed E-state index contributed by atoms with van der Waals surface area (Å²) in [5, 5.41) is 4.55. The maximum Gasteiger partial charge on any atom is 0.242 e. The molecule has 0 aromatic carbocycles. The van der Waals surface area contributed by atoms with Crippen molar-refractivity contribution >= 4 is 23.2 Å². The monoisotopic (exact) mass is 253 g/mol. The lowest BCUT2D eigenvalue weighted by Gasteiger charge is -2.27. The van der Waals surface area contributed by atoms with E-state index in [2.05, 4.69) is 16.8 Å². The predicted octanol–water partition coefficient (Wildman–Crippen LogP) is -0.292. The summed E-state index contributed by atoms with van der Waals surface area (Å²) in [6.45, 7) is 1.33. The number of rotatable bonds is 3. The Hall–Kier alpha value is -1.40. The van der Waals surface area contributed by atoms with Gasteiger partial charge in [0.2, 0.25) is 11.8 Å². The molecule has 1 aromatic rings. The molecule has 2 heterocycles. The molecular weight excluding hydrogens is 238 g/mol. The van der Waals surface area contributed by atoms with Gasteiger partial charge in [0, 0.05) is 18.0 Å². The first-order chi connectivity index (χ1) is 8.20. The van der Waals surface area contributed by atoms with Crippen LogP contribution in [0.2, 0.25) is 0 Å². The molecule has 2 rings (SSSR count). The van der Waals surface area contributed by atoms with E-state index in [0.717, 1.165) is 13.0 Å². The van der Waals surface area contributed by atoms with Crippen LogP contribution in [-0.4, -0.2) is 36.3 Å². The summed E-state index contributed by atoms with van der Waals surface area (Å²) < 4.78 is 0. The Morgan fingerprint density at radius 2 is 2.35 bits per heavy atom. The molecular formula is C11H15N3O2S. The van der Waals surface area contributed by atoms with E-state index in [1.165, 1.54) is 10.4 Å². The second-order valence-corrected chi connectivity index (χ2v) is 4.92. The number of carbonyl (C=O) groups excluding carboxylic acids is 2. The van der Waals surface area contributed by atoms with Gasteiger partial charge in [-0.25, -0.2) is 0 Å². The van der Waals surface area contributed by atoms with Crippen molar-refractivity contribution in [3.05, 3.63) is 21.9 Å². The smallest absolute Gasteiger partial charge is 0.242 e. The highest BCUT2D eigenvalue weighted by atomic mass is 32.1. The maximum absolute atomic E-state index is 11.8. The number of nitrogens with two attached hydrogens (primary N) is 1. The number of hydrogen-bond donors (Lipinski definition) is 2. The average molecular weight is 253 g/mol. The Kier molecular flexibility index (Phi) is 3.75. The maximum atomic E-state index is 11.8. The molecule has 0 fully saturated rings. The summed E-state index contributed by atoms with van der Waals surface area (Å²) in [5.41, 5.74) is 6.37. The molecule has 0 unspecified atom stereocenters. The number of fused-ring (bicyclic) bond motifs is 1. The van der Waals surface area contributed by atoms with Gasteiger partial charge in [0.25, 0.3) is 0 Å². The lowest BCUT2D eigenvalue weighted by atomic mass is 10.1. The first kappa shape index (κ1) is 12.1. The summed E-state index contributed by atoms with van der Waals surface area (Å²) in [6, 6.07) is 2.05. The SMILES string of the molecule is NCC(=O)NCC(=O)N1CCc2sccc2C1. The predicted molar refractivity (Wildman–Crippen MR) is 65.5 cm³/mol. The molecule has 1 aromatic heterocycles. The summed E-state index contributed by atoms with van der Waals surface area (Å²) >= 11 is 1.74. The van der Waals surface area contributed by atoms with Crippen molar-refractivity contribution in [2.75, 3.05) is 19.6 Å². The van der Waals surface area contributed by atoms with Gasteiger partial charge in [-0.15, -0.1) is 11.3 Å². The normalized spacial score (nSPS) is 14.3. The summed E-state index contributed by atoms with van der Waals surface area (Å²) in [6.07, 6.45) is 0.906. The first-order valence-corrected chi connectivity index (χ1v) is 6.38. The Bertz CT molecular complexity index is 430. The lowest BCUT2D eigenvalue weighted by molar-refractivity contribution is -0.133. The Morgan fingerprint density at radius 1 is 1.53 bits per heavy atom. The molecule has 1 aliphatic heterocycles. The van der Waals surface area contributed by atoms with Gasteiger partial charge in [-0.3, -0.25) is 9.59 Å². The molecule has 5 nitrogen and oxygen atoms in total. The van der Waals surface area contributed by atoms with E-state index in [-0.39, 0.29) is 24.9 Å². The summed E-state index contributed by atoms with van der Waals surface area (Å²) in [5.74, 6) is -0.352. The zero-order chi connectivity index (χ0) is 12.3. The van der Waals surface area contributed by atoms with Crippen LogP contribution in [-0.2, 0) is 22.6 Å². The Labute approximate surface area is 104 Å². The van der Waals surface area contributed by atoms with Gasteiger partial charge >= 0.3 is 0 Å². The van der Waals surface area contributed by atoms with Crippen LogP contribution in [0.1, 0.15) is 10.4 Å². The fraction of sp³-hybridized carbons (Fsp3) is 0.455. The second kappa shape index (κ2) is 5.29. The van der Waals surface area contributed by atoms with E-state index in [1.807, 2.05) is 0 Å². The van der Waals surface area contributed by atoms with E-state index in [9.17, 15) is 9.59 Å². The van der Waals surface area contributed by atoms with E-state index >= 15 is 0 Å². The van der Waals surface area contributed by atoms with Gasteiger partial charge in [0.05, 0.1) is 13.1 Å². The van der Waals surface area contributed by atoms with E-state index < -0.39 is 0 Å². The van der Waals surface area contributed by atoms with E-state index in [0.29, 0.717) is 6.54 Å². The minimum Gasteiger partial charge on any atom is -0.346 e. The zero-order valence-corrected chi connectivity index (χ0v) is 10.3. The first-order valence-electron chi connectivity index (χ1n) is 5.50.